The quantitative estimate of drug-likeness (QED) is 0.677. The van der Waals surface area contributed by atoms with E-state index in [4.69, 9.17) is 9.47 Å². The number of nitrogens with zero attached hydrogens (tertiary/aromatic N) is 2. The number of hydrogen-bond donors (Lipinski definition) is 1. The minimum absolute atomic E-state index is 0.319. The highest BCUT2D eigenvalue weighted by Crippen LogP contribution is 2.32. The van der Waals surface area contributed by atoms with Gasteiger partial charge >= 0.3 is 0 Å². The lowest BCUT2D eigenvalue weighted by Crippen LogP contribution is -2.46. The van der Waals surface area contributed by atoms with Gasteiger partial charge in [-0.1, -0.05) is 6.07 Å². The van der Waals surface area contributed by atoms with Crippen LogP contribution in [0.1, 0.15) is 24.8 Å². The van der Waals surface area contributed by atoms with Crippen LogP contribution in [0, 0.1) is 0 Å². The monoisotopic (exact) mass is 275 g/mol. The molecule has 1 heterocycles. The molecule has 0 amide bonds. The van der Waals surface area contributed by atoms with Crippen LogP contribution in [-0.2, 0) is 6.54 Å². The van der Waals surface area contributed by atoms with Crippen molar-refractivity contribution in [3.05, 3.63) is 23.8 Å². The highest BCUT2D eigenvalue weighted by Gasteiger charge is 2.20. The first-order valence-electron chi connectivity index (χ1n) is 7.09. The molecule has 1 aromatic rings. The van der Waals surface area contributed by atoms with E-state index in [1.54, 1.807) is 0 Å². The molecule has 5 nitrogen and oxygen atoms in total. The standard InChI is InChI=1S/C15H21N3O2/c1-16-15(17-12-4-3-5-12)18(2)9-11-6-7-13-14(8-11)20-10-19-13/h6-8,12H,3-5,9-10H2,1-2H3,(H,16,17). The van der Waals surface area contributed by atoms with Crippen molar-refractivity contribution in [1.82, 2.24) is 10.2 Å². The molecule has 3 rings (SSSR count). The van der Waals surface area contributed by atoms with Crippen molar-refractivity contribution in [3.8, 4) is 11.5 Å². The third-order valence-corrected chi connectivity index (χ3v) is 3.87. The van der Waals surface area contributed by atoms with Crippen LogP contribution in [0.25, 0.3) is 0 Å². The van der Waals surface area contributed by atoms with Gasteiger partial charge in [-0.3, -0.25) is 4.99 Å². The van der Waals surface area contributed by atoms with Crippen molar-refractivity contribution < 1.29 is 9.47 Å². The lowest BCUT2D eigenvalue weighted by Gasteiger charge is -2.31. The number of hydrogen-bond acceptors (Lipinski definition) is 3. The maximum atomic E-state index is 5.41. The highest BCUT2D eigenvalue weighted by atomic mass is 16.7. The molecular weight excluding hydrogens is 254 g/mol. The van der Waals surface area contributed by atoms with Crippen LogP contribution in [-0.4, -0.2) is 37.8 Å². The van der Waals surface area contributed by atoms with Crippen molar-refractivity contribution in [2.45, 2.75) is 31.8 Å². The normalized spacial score (nSPS) is 17.8. The molecule has 0 saturated heterocycles. The summed E-state index contributed by atoms with van der Waals surface area (Å²) < 4.78 is 10.7. The predicted molar refractivity (Wildman–Crippen MR) is 78.2 cm³/mol. The third kappa shape index (κ3) is 2.66. The molecule has 0 spiro atoms. The van der Waals surface area contributed by atoms with E-state index >= 15 is 0 Å². The Hall–Kier alpha value is -1.91. The van der Waals surface area contributed by atoms with E-state index in [9.17, 15) is 0 Å². The number of fused-ring (bicyclic) bond motifs is 1. The Kier molecular flexibility index (Phi) is 3.67. The van der Waals surface area contributed by atoms with E-state index in [1.807, 2.05) is 19.2 Å². The van der Waals surface area contributed by atoms with Crippen LogP contribution in [0.3, 0.4) is 0 Å². The van der Waals surface area contributed by atoms with Gasteiger partial charge in [0.1, 0.15) is 0 Å². The molecule has 5 heteroatoms. The van der Waals surface area contributed by atoms with Crippen LogP contribution >= 0.6 is 0 Å². The molecule has 1 saturated carbocycles. The smallest absolute Gasteiger partial charge is 0.231 e. The highest BCUT2D eigenvalue weighted by molar-refractivity contribution is 5.80. The van der Waals surface area contributed by atoms with Crippen LogP contribution in [0.15, 0.2) is 23.2 Å². The predicted octanol–water partition coefficient (Wildman–Crippen LogP) is 1.97. The van der Waals surface area contributed by atoms with Gasteiger partial charge < -0.3 is 19.7 Å². The molecule has 20 heavy (non-hydrogen) atoms. The van der Waals surface area contributed by atoms with Crippen molar-refractivity contribution in [2.75, 3.05) is 20.9 Å². The first-order valence-corrected chi connectivity index (χ1v) is 7.09. The number of nitrogens with one attached hydrogen (secondary N) is 1. The van der Waals surface area contributed by atoms with Crippen LogP contribution in [0.4, 0.5) is 0 Å². The van der Waals surface area contributed by atoms with Crippen molar-refractivity contribution >= 4 is 5.96 Å². The summed E-state index contributed by atoms with van der Waals surface area (Å²) in [6.07, 6.45) is 3.81. The summed E-state index contributed by atoms with van der Waals surface area (Å²) in [6, 6.07) is 6.66. The number of aliphatic imine (C=N–C) groups is 1. The minimum atomic E-state index is 0.319. The van der Waals surface area contributed by atoms with Crippen molar-refractivity contribution in [3.63, 3.8) is 0 Å². The van der Waals surface area contributed by atoms with E-state index in [0.717, 1.165) is 24.0 Å². The summed E-state index contributed by atoms with van der Waals surface area (Å²) >= 11 is 0. The molecule has 0 bridgehead atoms. The maximum Gasteiger partial charge on any atom is 0.231 e. The van der Waals surface area contributed by atoms with Gasteiger partial charge in [-0.05, 0) is 37.0 Å². The largest absolute Gasteiger partial charge is 0.454 e. The fraction of sp³-hybridized carbons (Fsp3) is 0.533. The second-order valence-corrected chi connectivity index (χ2v) is 5.36. The molecule has 0 radical (unpaired) electrons. The lowest BCUT2D eigenvalue weighted by atomic mass is 9.93. The number of ether oxygens (including phenoxy) is 2. The molecule has 0 aromatic heterocycles. The summed E-state index contributed by atoms with van der Waals surface area (Å²) in [4.78, 5) is 6.49. The summed E-state index contributed by atoms with van der Waals surface area (Å²) in [5.74, 6) is 2.61. The first kappa shape index (κ1) is 13.1. The van der Waals surface area contributed by atoms with E-state index in [2.05, 4.69) is 28.3 Å². The third-order valence-electron chi connectivity index (χ3n) is 3.87. The molecule has 0 unspecified atom stereocenters. The molecular formula is C15H21N3O2. The lowest BCUT2D eigenvalue weighted by molar-refractivity contribution is 0.174. The number of benzene rings is 1. The molecule has 1 fully saturated rings. The zero-order valence-corrected chi connectivity index (χ0v) is 12.1. The van der Waals surface area contributed by atoms with Crippen LogP contribution in [0.2, 0.25) is 0 Å². The Labute approximate surface area is 119 Å². The molecule has 1 aliphatic heterocycles. The molecule has 1 aromatic carbocycles. The Morgan fingerprint density at radius 3 is 2.85 bits per heavy atom. The van der Waals surface area contributed by atoms with E-state index in [-0.39, 0.29) is 0 Å². The summed E-state index contributed by atoms with van der Waals surface area (Å²) in [5, 5.41) is 3.50. The topological polar surface area (TPSA) is 46.1 Å². The zero-order valence-electron chi connectivity index (χ0n) is 12.1. The second kappa shape index (κ2) is 5.61. The van der Waals surface area contributed by atoms with Crippen molar-refractivity contribution in [1.29, 1.82) is 0 Å². The Balaban J connectivity index is 1.63. The average molecular weight is 275 g/mol. The minimum Gasteiger partial charge on any atom is -0.454 e. The summed E-state index contributed by atoms with van der Waals surface area (Å²) in [7, 11) is 3.88. The number of rotatable bonds is 3. The van der Waals surface area contributed by atoms with E-state index in [0.29, 0.717) is 12.8 Å². The molecule has 108 valence electrons. The van der Waals surface area contributed by atoms with Crippen molar-refractivity contribution in [2.24, 2.45) is 4.99 Å². The van der Waals surface area contributed by atoms with E-state index < -0.39 is 0 Å². The zero-order chi connectivity index (χ0) is 13.9. The SMILES string of the molecule is CN=C(NC1CCC1)N(C)Cc1ccc2c(c1)OCO2. The fourth-order valence-electron chi connectivity index (χ4n) is 2.47. The number of guanidine groups is 1. The van der Waals surface area contributed by atoms with Gasteiger partial charge in [-0.15, -0.1) is 0 Å². The van der Waals surface area contributed by atoms with Gasteiger partial charge in [0, 0.05) is 26.7 Å². The van der Waals surface area contributed by atoms with Gasteiger partial charge in [0.25, 0.3) is 0 Å². The Morgan fingerprint density at radius 1 is 1.35 bits per heavy atom. The molecule has 2 aliphatic rings. The Morgan fingerprint density at radius 2 is 2.15 bits per heavy atom. The van der Waals surface area contributed by atoms with E-state index in [1.165, 1.54) is 24.8 Å². The molecule has 1 N–H and O–H groups in total. The van der Waals surface area contributed by atoms with Crippen LogP contribution in [0.5, 0.6) is 11.5 Å². The van der Waals surface area contributed by atoms with Gasteiger partial charge in [-0.25, -0.2) is 0 Å². The second-order valence-electron chi connectivity index (χ2n) is 5.36. The van der Waals surface area contributed by atoms with Gasteiger partial charge in [0.05, 0.1) is 0 Å². The Bertz CT molecular complexity index is 512. The van der Waals surface area contributed by atoms with Crippen LogP contribution < -0.4 is 14.8 Å². The molecule has 1 aliphatic carbocycles. The summed E-state index contributed by atoms with van der Waals surface area (Å²) in [6.45, 7) is 1.11. The van der Waals surface area contributed by atoms with Gasteiger partial charge in [0.2, 0.25) is 6.79 Å². The average Bonchev–Trinajstić information content (AvgIpc) is 2.85. The first-order chi connectivity index (χ1) is 9.76. The maximum absolute atomic E-state index is 5.41. The summed E-state index contributed by atoms with van der Waals surface area (Å²) in [5.41, 5.74) is 1.19. The molecule has 0 atom stereocenters. The van der Waals surface area contributed by atoms with Gasteiger partial charge in [-0.2, -0.15) is 0 Å². The fourth-order valence-corrected chi connectivity index (χ4v) is 2.47. The van der Waals surface area contributed by atoms with Gasteiger partial charge in [0.15, 0.2) is 17.5 Å².